The Balaban J connectivity index is 1.81. The maximum atomic E-state index is 12.8. The summed E-state index contributed by atoms with van der Waals surface area (Å²) < 4.78 is 35.0. The standard InChI is InChI=1S/C15H22FO5P2/c1-11(23(22)19-9-15(2,3)10-20-23)21-14(17)8-18-13-6-4-12(16)5-7-13/h4-7,11H,8-10,22H2,1-3H3/q+1. The lowest BCUT2D eigenvalue weighted by molar-refractivity contribution is -0.148. The molecule has 1 aromatic rings. The van der Waals surface area contributed by atoms with Gasteiger partial charge in [-0.25, -0.2) is 9.18 Å². The average Bonchev–Trinajstić information content (AvgIpc) is 2.50. The third kappa shape index (κ3) is 5.36. The number of ether oxygens (including phenoxy) is 2. The molecular formula is C15H22FO5P2+. The van der Waals surface area contributed by atoms with Crippen LogP contribution in [0, 0.1) is 11.2 Å². The lowest BCUT2D eigenvalue weighted by atomic mass is 9.97. The van der Waals surface area contributed by atoms with E-state index in [4.69, 9.17) is 18.5 Å². The van der Waals surface area contributed by atoms with E-state index in [2.05, 4.69) is 8.93 Å². The number of hydrogen-bond acceptors (Lipinski definition) is 5. The topological polar surface area (TPSA) is 54.0 Å². The van der Waals surface area contributed by atoms with Crippen molar-refractivity contribution in [3.8, 4) is 5.75 Å². The Morgan fingerprint density at radius 2 is 1.91 bits per heavy atom. The molecular weight excluding hydrogens is 341 g/mol. The number of halogens is 1. The number of rotatable bonds is 5. The lowest BCUT2D eigenvalue weighted by Gasteiger charge is -2.35. The van der Waals surface area contributed by atoms with Gasteiger partial charge in [0.1, 0.15) is 24.8 Å². The molecule has 0 N–H and O–H groups in total. The zero-order valence-corrected chi connectivity index (χ0v) is 15.5. The van der Waals surface area contributed by atoms with Crippen LogP contribution in [-0.4, -0.2) is 31.6 Å². The zero-order chi connectivity index (χ0) is 17.1. The number of carbonyl (C=O) groups is 1. The van der Waals surface area contributed by atoms with E-state index < -0.39 is 19.2 Å². The van der Waals surface area contributed by atoms with E-state index in [1.165, 1.54) is 24.3 Å². The summed E-state index contributed by atoms with van der Waals surface area (Å²) in [7, 11) is 0.247. The molecule has 5 nitrogen and oxygen atoms in total. The molecule has 2 atom stereocenters. The molecule has 1 aliphatic rings. The van der Waals surface area contributed by atoms with Crippen molar-refractivity contribution in [3.05, 3.63) is 30.1 Å². The average molecular weight is 363 g/mol. The van der Waals surface area contributed by atoms with Gasteiger partial charge in [-0.05, 0) is 24.3 Å². The van der Waals surface area contributed by atoms with Crippen LogP contribution in [0.3, 0.4) is 0 Å². The van der Waals surface area contributed by atoms with E-state index in [1.807, 2.05) is 13.8 Å². The minimum atomic E-state index is -2.32. The highest BCUT2D eigenvalue weighted by Crippen LogP contribution is 2.74. The SMILES string of the molecule is CC(OC(=O)COc1ccc(F)cc1)[P+]1(P)OCC(C)(C)CO1. The quantitative estimate of drug-likeness (QED) is 0.588. The van der Waals surface area contributed by atoms with Crippen molar-refractivity contribution in [2.75, 3.05) is 19.8 Å². The summed E-state index contributed by atoms with van der Waals surface area (Å²) in [4.78, 5) is 11.9. The van der Waals surface area contributed by atoms with Crippen molar-refractivity contribution in [2.45, 2.75) is 26.6 Å². The molecule has 0 bridgehead atoms. The first kappa shape index (κ1) is 18.5. The molecule has 0 amide bonds. The van der Waals surface area contributed by atoms with Gasteiger partial charge in [-0.1, -0.05) is 13.8 Å². The summed E-state index contributed by atoms with van der Waals surface area (Å²) in [6, 6.07) is 5.42. The Hall–Kier alpha value is -0.800. The Morgan fingerprint density at radius 1 is 1.35 bits per heavy atom. The van der Waals surface area contributed by atoms with Crippen LogP contribution >= 0.6 is 16.3 Å². The van der Waals surface area contributed by atoms with Gasteiger partial charge in [0, 0.05) is 12.3 Å². The summed E-state index contributed by atoms with van der Waals surface area (Å²) in [6.45, 7) is 6.69. The zero-order valence-electron chi connectivity index (χ0n) is 13.5. The van der Waals surface area contributed by atoms with Gasteiger partial charge in [0.2, 0.25) is 0 Å². The van der Waals surface area contributed by atoms with Crippen molar-refractivity contribution in [1.82, 2.24) is 0 Å². The molecule has 128 valence electrons. The summed E-state index contributed by atoms with van der Waals surface area (Å²) >= 11 is 0. The predicted molar refractivity (Wildman–Crippen MR) is 89.8 cm³/mol. The molecule has 2 rings (SSSR count). The lowest BCUT2D eigenvalue weighted by Crippen LogP contribution is -2.33. The fourth-order valence-electron chi connectivity index (χ4n) is 1.81. The molecule has 23 heavy (non-hydrogen) atoms. The van der Waals surface area contributed by atoms with Crippen LogP contribution in [0.15, 0.2) is 24.3 Å². The molecule has 1 aliphatic heterocycles. The second-order valence-corrected chi connectivity index (χ2v) is 10.9. The van der Waals surface area contributed by atoms with Crippen LogP contribution in [0.4, 0.5) is 4.39 Å². The minimum absolute atomic E-state index is 0.0461. The number of esters is 1. The normalized spacial score (nSPS) is 20.6. The summed E-state index contributed by atoms with van der Waals surface area (Å²) in [5.41, 5.74) is -0.0461. The van der Waals surface area contributed by atoms with Crippen LogP contribution in [0.25, 0.3) is 0 Å². The van der Waals surface area contributed by atoms with Gasteiger partial charge in [0.25, 0.3) is 5.85 Å². The molecule has 0 aliphatic carbocycles. The molecule has 1 fully saturated rings. The van der Waals surface area contributed by atoms with Gasteiger partial charge < -0.3 is 9.47 Å². The molecule has 8 heteroatoms. The van der Waals surface area contributed by atoms with Crippen molar-refractivity contribution < 1.29 is 27.7 Å². The van der Waals surface area contributed by atoms with Crippen LogP contribution in [0.5, 0.6) is 5.75 Å². The highest BCUT2D eigenvalue weighted by atomic mass is 32.1. The summed E-state index contributed by atoms with van der Waals surface area (Å²) in [6.07, 6.45) is 0. The highest BCUT2D eigenvalue weighted by Gasteiger charge is 2.52. The second kappa shape index (κ2) is 7.40. The number of hydrogen-bond donors (Lipinski definition) is 0. The van der Waals surface area contributed by atoms with Crippen LogP contribution in [0.1, 0.15) is 20.8 Å². The van der Waals surface area contributed by atoms with Crippen LogP contribution in [-0.2, 0) is 18.6 Å². The monoisotopic (exact) mass is 363 g/mol. The van der Waals surface area contributed by atoms with E-state index >= 15 is 0 Å². The molecule has 1 heterocycles. The van der Waals surface area contributed by atoms with Crippen LogP contribution in [0.2, 0.25) is 0 Å². The second-order valence-electron chi connectivity index (χ2n) is 6.19. The van der Waals surface area contributed by atoms with Crippen molar-refractivity contribution >= 4 is 22.3 Å². The van der Waals surface area contributed by atoms with Gasteiger partial charge >= 0.3 is 13.4 Å². The van der Waals surface area contributed by atoms with Crippen molar-refractivity contribution in [3.63, 3.8) is 0 Å². The summed E-state index contributed by atoms with van der Waals surface area (Å²) in [5.74, 6) is -0.996. The Labute approximate surface area is 138 Å². The highest BCUT2D eigenvalue weighted by molar-refractivity contribution is 8.19. The van der Waals surface area contributed by atoms with Gasteiger partial charge in [-0.15, -0.1) is 0 Å². The Morgan fingerprint density at radius 3 is 2.48 bits per heavy atom. The third-order valence-electron chi connectivity index (χ3n) is 3.29. The minimum Gasteiger partial charge on any atom is -0.482 e. The van der Waals surface area contributed by atoms with E-state index in [0.717, 1.165) is 0 Å². The van der Waals surface area contributed by atoms with E-state index in [-0.39, 0.29) is 17.8 Å². The first-order valence-electron chi connectivity index (χ1n) is 7.24. The first-order valence-corrected chi connectivity index (χ1v) is 10.6. The van der Waals surface area contributed by atoms with Gasteiger partial charge in [-0.2, -0.15) is 9.05 Å². The third-order valence-corrected chi connectivity index (χ3v) is 7.63. The summed E-state index contributed by atoms with van der Waals surface area (Å²) in [5, 5.41) is 0. The van der Waals surface area contributed by atoms with E-state index in [1.54, 1.807) is 6.92 Å². The van der Waals surface area contributed by atoms with E-state index in [0.29, 0.717) is 19.0 Å². The Bertz CT molecular complexity index is 539. The first-order chi connectivity index (χ1) is 10.7. The van der Waals surface area contributed by atoms with Crippen LogP contribution < -0.4 is 4.74 Å². The number of benzene rings is 1. The Kier molecular flexibility index (Phi) is 5.96. The smallest absolute Gasteiger partial charge is 0.347 e. The number of carbonyl (C=O) groups excluding carboxylic acids is 1. The largest absolute Gasteiger partial charge is 0.482 e. The van der Waals surface area contributed by atoms with Crippen molar-refractivity contribution in [2.24, 2.45) is 5.41 Å². The molecule has 0 aromatic heterocycles. The maximum absolute atomic E-state index is 12.8. The van der Waals surface area contributed by atoms with E-state index in [9.17, 15) is 9.18 Å². The molecule has 1 saturated heterocycles. The molecule has 1 aromatic carbocycles. The molecule has 0 radical (unpaired) electrons. The molecule has 2 unspecified atom stereocenters. The van der Waals surface area contributed by atoms with Crippen molar-refractivity contribution in [1.29, 1.82) is 0 Å². The molecule has 0 spiro atoms. The van der Waals surface area contributed by atoms with Gasteiger partial charge in [-0.3, -0.25) is 0 Å². The predicted octanol–water partition coefficient (Wildman–Crippen LogP) is 3.80. The maximum Gasteiger partial charge on any atom is 0.347 e. The fraction of sp³-hybridized carbons (Fsp3) is 0.533. The van der Waals surface area contributed by atoms with Gasteiger partial charge in [0.05, 0.1) is 8.93 Å². The fourth-order valence-corrected chi connectivity index (χ4v) is 4.30. The van der Waals surface area contributed by atoms with Gasteiger partial charge in [0.15, 0.2) is 6.61 Å². The molecule has 0 saturated carbocycles.